The van der Waals surface area contributed by atoms with Crippen molar-refractivity contribution < 1.29 is 33.8 Å². The van der Waals surface area contributed by atoms with E-state index in [2.05, 4.69) is 20.7 Å². The standard InChI is InChI=1S/C24H34N4O7/c1-12(2)20(25-13(3)30)23(33)26-16-6-5-14-7-8-28-10-15(9-18(31)19(16)21(14)28)22(32)27-17(11-29)24(34)35-4/h7-8,12,15-17,19-20,29H,5-6,9-11H2,1-4H3,(H,25,30)(H,26,33)(H,27,32)/t15-,16-,17?,19?,20?/m0/s1. The molecule has 11 nitrogen and oxygen atoms in total. The highest BCUT2D eigenvalue weighted by Gasteiger charge is 2.43. The van der Waals surface area contributed by atoms with E-state index in [4.69, 9.17) is 0 Å². The molecule has 1 aliphatic heterocycles. The van der Waals surface area contributed by atoms with Gasteiger partial charge in [0.1, 0.15) is 11.8 Å². The number of nitrogens with zero attached hydrogens (tertiary/aromatic N) is 1. The molecule has 0 radical (unpaired) electrons. The quantitative estimate of drug-likeness (QED) is 0.355. The molecular formula is C24H34N4O7. The first-order valence-electron chi connectivity index (χ1n) is 11.8. The Morgan fingerprint density at radius 1 is 1.23 bits per heavy atom. The summed E-state index contributed by atoms with van der Waals surface area (Å²) in [5.41, 5.74) is 1.79. The summed E-state index contributed by atoms with van der Waals surface area (Å²) < 4.78 is 6.47. The van der Waals surface area contributed by atoms with E-state index >= 15 is 0 Å². The van der Waals surface area contributed by atoms with Crippen LogP contribution in [0.5, 0.6) is 0 Å². The Bertz CT molecular complexity index is 1000. The second-order valence-corrected chi connectivity index (χ2v) is 9.57. The molecule has 0 bridgehead atoms. The normalized spacial score (nSPS) is 22.9. The molecule has 4 N–H and O–H groups in total. The van der Waals surface area contributed by atoms with Crippen LogP contribution in [0.1, 0.15) is 50.8 Å². The fourth-order valence-corrected chi connectivity index (χ4v) is 4.96. The number of aliphatic hydroxyl groups is 1. The molecule has 1 aliphatic carbocycles. The van der Waals surface area contributed by atoms with Gasteiger partial charge >= 0.3 is 5.97 Å². The lowest BCUT2D eigenvalue weighted by atomic mass is 9.79. The molecule has 2 aliphatic rings. The number of nitrogens with one attached hydrogen (secondary N) is 3. The Morgan fingerprint density at radius 2 is 1.94 bits per heavy atom. The average Bonchev–Trinajstić information content (AvgIpc) is 3.14. The van der Waals surface area contributed by atoms with Crippen molar-refractivity contribution >= 4 is 29.5 Å². The number of aliphatic hydroxyl groups excluding tert-OH is 1. The van der Waals surface area contributed by atoms with Crippen LogP contribution in [0.2, 0.25) is 0 Å². The molecule has 1 aromatic heterocycles. The predicted octanol–water partition coefficient (Wildman–Crippen LogP) is -0.597. The summed E-state index contributed by atoms with van der Waals surface area (Å²) in [5.74, 6) is -3.69. The lowest BCUT2D eigenvalue weighted by molar-refractivity contribution is -0.146. The topological polar surface area (TPSA) is 156 Å². The Balaban J connectivity index is 1.82. The van der Waals surface area contributed by atoms with Gasteiger partial charge in [0.25, 0.3) is 0 Å². The lowest BCUT2D eigenvalue weighted by Gasteiger charge is -2.33. The van der Waals surface area contributed by atoms with E-state index in [1.54, 1.807) is 0 Å². The number of amides is 3. The third kappa shape index (κ3) is 5.72. The number of rotatable bonds is 8. The van der Waals surface area contributed by atoms with E-state index in [-0.39, 0.29) is 36.5 Å². The van der Waals surface area contributed by atoms with Gasteiger partial charge in [-0.25, -0.2) is 4.79 Å². The molecule has 0 fully saturated rings. The molecule has 5 atom stereocenters. The van der Waals surface area contributed by atoms with Crippen LogP contribution in [0.25, 0.3) is 0 Å². The largest absolute Gasteiger partial charge is 0.467 e. The number of hydrogen-bond acceptors (Lipinski definition) is 7. The molecule has 2 heterocycles. The number of Topliss-reactive ketones (excluding diaryl/α,β-unsaturated/α-hetero) is 1. The molecule has 192 valence electrons. The van der Waals surface area contributed by atoms with Crippen molar-refractivity contribution in [2.75, 3.05) is 13.7 Å². The zero-order valence-electron chi connectivity index (χ0n) is 20.5. The van der Waals surface area contributed by atoms with Gasteiger partial charge in [0.05, 0.1) is 25.6 Å². The van der Waals surface area contributed by atoms with Gasteiger partial charge in [0, 0.05) is 37.8 Å². The van der Waals surface area contributed by atoms with Crippen molar-refractivity contribution in [2.45, 2.75) is 70.6 Å². The molecule has 35 heavy (non-hydrogen) atoms. The third-order valence-electron chi connectivity index (χ3n) is 6.72. The molecule has 11 heteroatoms. The summed E-state index contributed by atoms with van der Waals surface area (Å²) in [6.07, 6.45) is 2.96. The molecule has 3 unspecified atom stereocenters. The fourth-order valence-electron chi connectivity index (χ4n) is 4.96. The Morgan fingerprint density at radius 3 is 2.54 bits per heavy atom. The Kier molecular flexibility index (Phi) is 8.31. The maximum atomic E-state index is 13.5. The maximum Gasteiger partial charge on any atom is 0.330 e. The maximum absolute atomic E-state index is 13.5. The van der Waals surface area contributed by atoms with E-state index in [1.165, 1.54) is 6.92 Å². The Hall–Kier alpha value is -3.21. The molecule has 3 rings (SSSR count). The minimum Gasteiger partial charge on any atom is -0.467 e. The molecule has 1 aromatic rings. The van der Waals surface area contributed by atoms with Crippen LogP contribution in [0.3, 0.4) is 0 Å². The van der Waals surface area contributed by atoms with Crippen molar-refractivity contribution in [2.24, 2.45) is 11.8 Å². The highest BCUT2D eigenvalue weighted by atomic mass is 16.5. The van der Waals surface area contributed by atoms with E-state index < -0.39 is 48.4 Å². The van der Waals surface area contributed by atoms with Crippen LogP contribution >= 0.6 is 0 Å². The van der Waals surface area contributed by atoms with Crippen LogP contribution in [-0.2, 0) is 41.7 Å². The lowest BCUT2D eigenvalue weighted by Crippen LogP contribution is -2.54. The first kappa shape index (κ1) is 26.4. The summed E-state index contributed by atoms with van der Waals surface area (Å²) in [6.45, 7) is 4.62. The van der Waals surface area contributed by atoms with Crippen LogP contribution in [0.4, 0.5) is 0 Å². The van der Waals surface area contributed by atoms with Crippen LogP contribution in [0.15, 0.2) is 12.3 Å². The minimum atomic E-state index is -1.22. The number of ketones is 1. The van der Waals surface area contributed by atoms with Gasteiger partial charge in [-0.15, -0.1) is 0 Å². The highest BCUT2D eigenvalue weighted by molar-refractivity contribution is 5.94. The number of aryl methyl sites for hydroxylation is 1. The summed E-state index contributed by atoms with van der Waals surface area (Å²) >= 11 is 0. The molecule has 0 aromatic carbocycles. The second kappa shape index (κ2) is 11.0. The second-order valence-electron chi connectivity index (χ2n) is 9.57. The van der Waals surface area contributed by atoms with Gasteiger partial charge in [-0.05, 0) is 30.4 Å². The number of carbonyl (C=O) groups is 5. The van der Waals surface area contributed by atoms with Gasteiger partial charge in [0.15, 0.2) is 6.04 Å². The van der Waals surface area contributed by atoms with E-state index in [9.17, 15) is 29.1 Å². The third-order valence-corrected chi connectivity index (χ3v) is 6.72. The van der Waals surface area contributed by atoms with Crippen molar-refractivity contribution in [1.29, 1.82) is 0 Å². The monoisotopic (exact) mass is 490 g/mol. The summed E-state index contributed by atoms with van der Waals surface area (Å²) in [5, 5.41) is 17.6. The van der Waals surface area contributed by atoms with Crippen molar-refractivity contribution in [3.8, 4) is 0 Å². The molecular weight excluding hydrogens is 456 g/mol. The summed E-state index contributed by atoms with van der Waals surface area (Å²) in [6, 6.07) is -0.500. The Labute approximate surface area is 204 Å². The van der Waals surface area contributed by atoms with Crippen molar-refractivity contribution in [3.63, 3.8) is 0 Å². The zero-order valence-corrected chi connectivity index (χ0v) is 20.5. The fraction of sp³-hybridized carbons (Fsp3) is 0.625. The first-order valence-corrected chi connectivity index (χ1v) is 11.8. The number of carbonyl (C=O) groups excluding carboxylic acids is 5. The number of ether oxygens (including phenoxy) is 1. The highest BCUT2D eigenvalue weighted by Crippen LogP contribution is 2.38. The van der Waals surface area contributed by atoms with E-state index in [1.807, 2.05) is 30.7 Å². The van der Waals surface area contributed by atoms with Gasteiger partial charge in [0.2, 0.25) is 17.7 Å². The number of hydrogen-bond donors (Lipinski definition) is 4. The molecule has 0 saturated carbocycles. The molecule has 0 spiro atoms. The first-order chi connectivity index (χ1) is 16.6. The van der Waals surface area contributed by atoms with Gasteiger partial charge in [-0.2, -0.15) is 0 Å². The van der Waals surface area contributed by atoms with Crippen molar-refractivity contribution in [3.05, 3.63) is 23.5 Å². The smallest absolute Gasteiger partial charge is 0.330 e. The SMILES string of the molecule is COC(=O)C(CO)NC(=O)[C@H]1CC(=O)C2c3c(ccn3C1)CC[C@@H]2NC(=O)C(NC(C)=O)C(C)C. The number of aromatic nitrogens is 1. The minimum absolute atomic E-state index is 0.0807. The zero-order chi connectivity index (χ0) is 25.9. The average molecular weight is 491 g/mol. The van der Waals surface area contributed by atoms with Gasteiger partial charge in [-0.1, -0.05) is 13.8 Å². The van der Waals surface area contributed by atoms with Crippen LogP contribution in [-0.4, -0.2) is 71.0 Å². The van der Waals surface area contributed by atoms with Gasteiger partial charge < -0.3 is 30.4 Å². The summed E-state index contributed by atoms with van der Waals surface area (Å²) in [7, 11) is 1.16. The van der Waals surface area contributed by atoms with Crippen LogP contribution < -0.4 is 16.0 Å². The molecule has 3 amide bonds. The molecule has 0 saturated heterocycles. The number of methoxy groups -OCH3 is 1. The van der Waals surface area contributed by atoms with Gasteiger partial charge in [-0.3, -0.25) is 19.2 Å². The van der Waals surface area contributed by atoms with E-state index in [0.29, 0.717) is 12.8 Å². The van der Waals surface area contributed by atoms with Crippen molar-refractivity contribution in [1.82, 2.24) is 20.5 Å². The summed E-state index contributed by atoms with van der Waals surface area (Å²) in [4.78, 5) is 62.8. The predicted molar refractivity (Wildman–Crippen MR) is 124 cm³/mol. The van der Waals surface area contributed by atoms with Crippen LogP contribution in [0, 0.1) is 11.8 Å². The van der Waals surface area contributed by atoms with E-state index in [0.717, 1.165) is 18.4 Å². The number of esters is 1.